The molecule has 0 spiro atoms. The normalized spacial score (nSPS) is 11.0. The lowest BCUT2D eigenvalue weighted by Gasteiger charge is -2.19. The van der Waals surface area contributed by atoms with Crippen molar-refractivity contribution in [2.75, 3.05) is 0 Å². The van der Waals surface area contributed by atoms with E-state index in [0.717, 1.165) is 0 Å². The van der Waals surface area contributed by atoms with Crippen LogP contribution in [-0.4, -0.2) is 27.6 Å². The average molecular weight is 309 g/mol. The number of hydrogen-bond acceptors (Lipinski definition) is 5. The van der Waals surface area contributed by atoms with Crippen molar-refractivity contribution < 1.29 is 24.4 Å². The van der Waals surface area contributed by atoms with Crippen LogP contribution in [0.1, 0.15) is 38.3 Å². The molecule has 1 aromatic carbocycles. The standard InChI is InChI=1S/C15H19NO6/c1-15(2,3)22-14(19)7-5-10-8-12(16(20)21)6-4-11(10)9-13(17)18/h4,6,8H,5,7,9H2,1-3H3,(H,17,18). The molecule has 0 fully saturated rings. The number of carboxylic acid groups (broad SMARTS) is 1. The Kier molecular flexibility index (Phi) is 5.62. The molecule has 0 amide bonds. The Balaban J connectivity index is 2.90. The summed E-state index contributed by atoms with van der Waals surface area (Å²) in [7, 11) is 0. The molecule has 0 saturated carbocycles. The number of carboxylic acids is 1. The molecule has 0 bridgehead atoms. The van der Waals surface area contributed by atoms with E-state index in [4.69, 9.17) is 9.84 Å². The number of nitro groups is 1. The minimum absolute atomic E-state index is 0.0328. The highest BCUT2D eigenvalue weighted by molar-refractivity contribution is 5.72. The summed E-state index contributed by atoms with van der Waals surface area (Å²) >= 11 is 0. The van der Waals surface area contributed by atoms with Crippen molar-refractivity contribution in [1.82, 2.24) is 0 Å². The van der Waals surface area contributed by atoms with Crippen LogP contribution in [0.25, 0.3) is 0 Å². The monoisotopic (exact) mass is 309 g/mol. The van der Waals surface area contributed by atoms with Gasteiger partial charge in [0.25, 0.3) is 5.69 Å². The summed E-state index contributed by atoms with van der Waals surface area (Å²) in [5.74, 6) is -1.47. The van der Waals surface area contributed by atoms with E-state index in [9.17, 15) is 19.7 Å². The highest BCUT2D eigenvalue weighted by Gasteiger charge is 2.18. The Labute approximate surface area is 128 Å². The number of esters is 1. The molecule has 0 saturated heterocycles. The van der Waals surface area contributed by atoms with Gasteiger partial charge in [0, 0.05) is 18.6 Å². The number of carbonyl (C=O) groups is 2. The lowest BCUT2D eigenvalue weighted by atomic mass is 9.99. The van der Waals surface area contributed by atoms with Gasteiger partial charge < -0.3 is 9.84 Å². The fraction of sp³-hybridized carbons (Fsp3) is 0.467. The van der Waals surface area contributed by atoms with Crippen molar-refractivity contribution in [2.45, 2.75) is 45.6 Å². The first-order chi connectivity index (χ1) is 10.1. The minimum Gasteiger partial charge on any atom is -0.481 e. The summed E-state index contributed by atoms with van der Waals surface area (Å²) in [5, 5.41) is 19.7. The predicted octanol–water partition coefficient (Wildman–Crippen LogP) is 2.50. The third kappa shape index (κ3) is 5.90. The Hall–Kier alpha value is -2.44. The quantitative estimate of drug-likeness (QED) is 0.491. The summed E-state index contributed by atoms with van der Waals surface area (Å²) in [6, 6.07) is 3.98. The Morgan fingerprint density at radius 1 is 1.27 bits per heavy atom. The molecule has 0 aliphatic rings. The average Bonchev–Trinajstić information content (AvgIpc) is 2.34. The van der Waals surface area contributed by atoms with Gasteiger partial charge in [-0.1, -0.05) is 6.07 Å². The van der Waals surface area contributed by atoms with Crippen LogP contribution >= 0.6 is 0 Å². The maximum Gasteiger partial charge on any atom is 0.307 e. The Morgan fingerprint density at radius 2 is 1.91 bits per heavy atom. The zero-order chi connectivity index (χ0) is 16.9. The smallest absolute Gasteiger partial charge is 0.307 e. The highest BCUT2D eigenvalue weighted by atomic mass is 16.6. The van der Waals surface area contributed by atoms with E-state index in [-0.39, 0.29) is 24.9 Å². The van der Waals surface area contributed by atoms with Crippen molar-refractivity contribution in [3.63, 3.8) is 0 Å². The van der Waals surface area contributed by atoms with Crippen LogP contribution in [-0.2, 0) is 27.2 Å². The minimum atomic E-state index is -1.03. The second-order valence-corrected chi connectivity index (χ2v) is 5.87. The summed E-state index contributed by atoms with van der Waals surface area (Å²) in [5.41, 5.74) is 0.196. The van der Waals surface area contributed by atoms with Crippen LogP contribution in [0.5, 0.6) is 0 Å². The molecule has 0 aliphatic carbocycles. The number of aryl methyl sites for hydroxylation is 1. The summed E-state index contributed by atoms with van der Waals surface area (Å²) in [6.45, 7) is 5.23. The van der Waals surface area contributed by atoms with E-state index in [1.54, 1.807) is 20.8 Å². The molecule has 0 atom stereocenters. The molecule has 120 valence electrons. The molecule has 1 aromatic rings. The van der Waals surface area contributed by atoms with Crippen molar-refractivity contribution >= 4 is 17.6 Å². The van der Waals surface area contributed by atoms with Gasteiger partial charge in [0.1, 0.15) is 5.60 Å². The number of rotatable bonds is 6. The molecule has 0 heterocycles. The molecule has 0 unspecified atom stereocenters. The molecular weight excluding hydrogens is 290 g/mol. The number of hydrogen-bond donors (Lipinski definition) is 1. The highest BCUT2D eigenvalue weighted by Crippen LogP contribution is 2.21. The van der Waals surface area contributed by atoms with E-state index in [1.165, 1.54) is 18.2 Å². The van der Waals surface area contributed by atoms with Crippen molar-refractivity contribution in [3.8, 4) is 0 Å². The van der Waals surface area contributed by atoms with Gasteiger partial charge in [0.05, 0.1) is 11.3 Å². The molecule has 7 nitrogen and oxygen atoms in total. The number of benzene rings is 1. The number of ether oxygens (including phenoxy) is 1. The first-order valence-corrected chi connectivity index (χ1v) is 6.78. The van der Waals surface area contributed by atoms with Crippen LogP contribution in [0.3, 0.4) is 0 Å². The van der Waals surface area contributed by atoms with E-state index in [1.807, 2.05) is 0 Å². The number of non-ortho nitro benzene ring substituents is 1. The molecule has 0 aliphatic heterocycles. The van der Waals surface area contributed by atoms with E-state index < -0.39 is 22.5 Å². The SMILES string of the molecule is CC(C)(C)OC(=O)CCc1cc([N+](=O)[O-])ccc1CC(=O)O. The molecular formula is C15H19NO6. The second kappa shape index (κ2) is 7.02. The number of nitro benzene ring substituents is 1. The van der Waals surface area contributed by atoms with Crippen LogP contribution in [0.2, 0.25) is 0 Å². The fourth-order valence-corrected chi connectivity index (χ4v) is 1.92. The third-order valence-corrected chi connectivity index (χ3v) is 2.76. The number of carbonyl (C=O) groups excluding carboxylic acids is 1. The van der Waals surface area contributed by atoms with Gasteiger partial charge in [-0.2, -0.15) is 0 Å². The largest absolute Gasteiger partial charge is 0.481 e. The van der Waals surface area contributed by atoms with Crippen molar-refractivity contribution in [2.24, 2.45) is 0 Å². The topological polar surface area (TPSA) is 107 Å². The zero-order valence-electron chi connectivity index (χ0n) is 12.8. The first-order valence-electron chi connectivity index (χ1n) is 6.78. The number of nitrogens with zero attached hydrogens (tertiary/aromatic N) is 1. The second-order valence-electron chi connectivity index (χ2n) is 5.87. The van der Waals surface area contributed by atoms with Crippen molar-refractivity contribution in [1.29, 1.82) is 0 Å². The Morgan fingerprint density at radius 3 is 2.41 bits per heavy atom. The maximum atomic E-state index is 11.7. The predicted molar refractivity (Wildman–Crippen MR) is 78.6 cm³/mol. The Bertz CT molecular complexity index is 588. The maximum absolute atomic E-state index is 11.7. The van der Waals surface area contributed by atoms with Gasteiger partial charge in [-0.25, -0.2) is 0 Å². The summed E-state index contributed by atoms with van der Waals surface area (Å²) in [4.78, 5) is 32.8. The molecule has 0 aromatic heterocycles. The van der Waals surface area contributed by atoms with Gasteiger partial charge in [0.2, 0.25) is 0 Å². The van der Waals surface area contributed by atoms with Crippen molar-refractivity contribution in [3.05, 3.63) is 39.4 Å². The van der Waals surface area contributed by atoms with Gasteiger partial charge in [-0.05, 0) is 38.3 Å². The molecule has 1 N–H and O–H groups in total. The van der Waals surface area contributed by atoms with E-state index in [2.05, 4.69) is 0 Å². The zero-order valence-corrected chi connectivity index (χ0v) is 12.8. The fourth-order valence-electron chi connectivity index (χ4n) is 1.92. The van der Waals surface area contributed by atoms with E-state index in [0.29, 0.717) is 11.1 Å². The summed E-state index contributed by atoms with van der Waals surface area (Å²) in [6.07, 6.45) is -0.0219. The van der Waals surface area contributed by atoms with Crippen LogP contribution in [0.15, 0.2) is 18.2 Å². The summed E-state index contributed by atoms with van der Waals surface area (Å²) < 4.78 is 5.17. The molecule has 1 rings (SSSR count). The van der Waals surface area contributed by atoms with Gasteiger partial charge in [-0.3, -0.25) is 19.7 Å². The van der Waals surface area contributed by atoms with Gasteiger partial charge in [-0.15, -0.1) is 0 Å². The van der Waals surface area contributed by atoms with Crippen LogP contribution in [0.4, 0.5) is 5.69 Å². The molecule has 22 heavy (non-hydrogen) atoms. The van der Waals surface area contributed by atoms with Crippen LogP contribution < -0.4 is 0 Å². The first kappa shape index (κ1) is 17.6. The lowest BCUT2D eigenvalue weighted by molar-refractivity contribution is -0.384. The van der Waals surface area contributed by atoms with Crippen LogP contribution in [0, 0.1) is 10.1 Å². The molecule has 7 heteroatoms. The van der Waals surface area contributed by atoms with E-state index >= 15 is 0 Å². The number of aliphatic carboxylic acids is 1. The third-order valence-electron chi connectivity index (χ3n) is 2.76. The van der Waals surface area contributed by atoms with Gasteiger partial charge >= 0.3 is 11.9 Å². The van der Waals surface area contributed by atoms with Gasteiger partial charge in [0.15, 0.2) is 0 Å². The molecule has 0 radical (unpaired) electrons. The lowest BCUT2D eigenvalue weighted by Crippen LogP contribution is -2.24.